The lowest BCUT2D eigenvalue weighted by molar-refractivity contribution is -0.290. The quantitative estimate of drug-likeness (QED) is 0.0224. The molecule has 7 rings (SSSR count). The predicted molar refractivity (Wildman–Crippen MR) is 351 cm³/mol. The average molecular weight is 1500 g/mol. The molecule has 105 heavy (non-hydrogen) atoms. The van der Waals surface area contributed by atoms with Gasteiger partial charge >= 0.3 is 55.0 Å². The van der Waals surface area contributed by atoms with Gasteiger partial charge in [0.05, 0.1) is 11.2 Å². The molecule has 0 aromatic heterocycles. The Morgan fingerprint density at radius 1 is 0.333 bits per heavy atom. The van der Waals surface area contributed by atoms with Crippen LogP contribution in [0, 0.1) is 0 Å². The first kappa shape index (κ1) is 85.9. The van der Waals surface area contributed by atoms with E-state index in [1.807, 2.05) is 0 Å². The van der Waals surface area contributed by atoms with Crippen LogP contribution in [0.1, 0.15) is 121 Å². The van der Waals surface area contributed by atoms with Gasteiger partial charge in [-0.1, -0.05) is 123 Å². The third kappa shape index (κ3) is 20.8. The maximum Gasteiger partial charge on any atom is 0.411 e. The maximum absolute atomic E-state index is 14.3. The number of benzene rings is 7. The van der Waals surface area contributed by atoms with E-state index in [4.69, 9.17) is 37.9 Å². The number of rotatable bonds is 21. The summed E-state index contributed by atoms with van der Waals surface area (Å²) in [6.07, 6.45) is -35.8. The van der Waals surface area contributed by atoms with E-state index in [0.29, 0.717) is 48.5 Å². The highest BCUT2D eigenvalue weighted by Gasteiger charge is 2.75. The van der Waals surface area contributed by atoms with Crippen molar-refractivity contribution >= 4 is 17.9 Å². The van der Waals surface area contributed by atoms with Crippen molar-refractivity contribution in [3.05, 3.63) is 252 Å². The van der Waals surface area contributed by atoms with Crippen LogP contribution in [0.5, 0.6) is 34.5 Å². The molecular weight excluding hydrogens is 1430 g/mol. The van der Waals surface area contributed by atoms with Crippen molar-refractivity contribution in [3.8, 4) is 34.5 Å². The fourth-order valence-electron chi connectivity index (χ4n) is 10.6. The van der Waals surface area contributed by atoms with Crippen molar-refractivity contribution in [1.82, 2.24) is 0 Å². The van der Waals surface area contributed by atoms with Gasteiger partial charge in [0.2, 0.25) is 16.2 Å². The summed E-state index contributed by atoms with van der Waals surface area (Å²) >= 11 is 0. The Morgan fingerprint density at radius 2 is 0.552 bits per heavy atom. The van der Waals surface area contributed by atoms with Gasteiger partial charge in [0.25, 0.3) is 0 Å². The number of hydrogen-bond acceptors (Lipinski definition) is 11. The van der Waals surface area contributed by atoms with Crippen molar-refractivity contribution in [2.45, 2.75) is 159 Å². The summed E-state index contributed by atoms with van der Waals surface area (Å²) in [6, 6.07) is 28.5. The summed E-state index contributed by atoms with van der Waals surface area (Å²) < 4.78 is 299. The molecule has 7 aromatic rings. The number of esters is 3. The summed E-state index contributed by atoms with van der Waals surface area (Å²) in [5, 5.41) is 0. The zero-order chi connectivity index (χ0) is 79.5. The van der Waals surface area contributed by atoms with E-state index in [0.717, 1.165) is 109 Å². The topological polar surface area (TPSA) is 125 Å². The van der Waals surface area contributed by atoms with Crippen molar-refractivity contribution in [2.75, 3.05) is 0 Å². The molecule has 0 bridgehead atoms. The zero-order valence-corrected chi connectivity index (χ0v) is 58.0. The molecular formula is C76H72F18O11. The van der Waals surface area contributed by atoms with E-state index < -0.39 is 134 Å². The molecule has 0 saturated carbocycles. The first-order chi connectivity index (χ1) is 48.2. The molecule has 0 aliphatic carbocycles. The molecule has 29 heteroatoms. The Bertz CT molecular complexity index is 4010. The van der Waals surface area contributed by atoms with Crippen LogP contribution in [0.15, 0.2) is 213 Å². The van der Waals surface area contributed by atoms with Crippen LogP contribution in [-0.4, -0.2) is 78.7 Å². The molecule has 0 amide bonds. The number of carbonyl (C=O) groups excluding carboxylic acids is 3. The number of carbonyl (C=O) groups is 3. The average Bonchev–Trinajstić information content (AvgIpc) is 0.732. The number of alkyl halides is 18. The minimum absolute atomic E-state index is 0.0125. The summed E-state index contributed by atoms with van der Waals surface area (Å²) in [5.41, 5.74) is -19.8. The molecule has 3 atom stereocenters. The number of halogens is 18. The van der Waals surface area contributed by atoms with E-state index in [-0.39, 0.29) is 45.6 Å². The monoisotopic (exact) mass is 1500 g/mol. The van der Waals surface area contributed by atoms with E-state index in [1.54, 1.807) is 92.6 Å². The van der Waals surface area contributed by atoms with E-state index in [2.05, 4.69) is 19.7 Å². The smallest absolute Gasteiger partial charge is 0.411 e. The lowest BCUT2D eigenvalue weighted by Crippen LogP contribution is -2.54. The maximum atomic E-state index is 14.3. The van der Waals surface area contributed by atoms with Gasteiger partial charge in [0, 0.05) is 17.2 Å². The van der Waals surface area contributed by atoms with Crippen LogP contribution in [0.2, 0.25) is 0 Å². The standard InChI is InChI=1S/C27H22F6O3.C25H26F6O4.C24H24F6O4/c1-17(2)24(34)36-23-15-11-21(12-16-23)25(26(28,29)30,27(31,32)33)20-9-13-22(14-10-20)35-18(3)19-7-5-4-6-8-19;1-15(2)21(32)34-20-13-9-18(10-14-20)23(24(26,27)28,25(29,30)31)17-7-11-19(12-8-17)33-16(3)35-22(4,5)6;1-6-20(31)33-19-13-9-17(10-14-19)22(23(25,26)27,24(28,29)30)16-7-11-18(12-8-16)32-15(2)34-21(3,4)5/h4-16,18H,1H2,2-3H3;7-14,16H,1H2,2-6H3;6-15H,1H2,2-5H3. The van der Waals surface area contributed by atoms with Gasteiger partial charge in [-0.2, -0.15) is 79.0 Å². The minimum Gasteiger partial charge on any atom is -0.486 e. The second-order valence-corrected chi connectivity index (χ2v) is 25.3. The van der Waals surface area contributed by atoms with Crippen molar-refractivity contribution < 1.29 is 131 Å². The SMILES string of the molecule is C=C(C)C(=O)Oc1ccc(C(c2ccc(OC(C)OC(C)(C)C)cc2)(C(F)(F)F)C(F)(F)F)cc1.C=C(C)C(=O)Oc1ccc(C(c2ccc(OC(C)c3ccccc3)cc2)(C(F)(F)F)C(F)(F)F)cc1.C=CC(=O)Oc1ccc(C(c2ccc(OC(C)OC(C)(C)C)cc2)(C(F)(F)F)C(F)(F)F)cc1. The highest BCUT2D eigenvalue weighted by atomic mass is 19.4. The number of ether oxygens (including phenoxy) is 8. The van der Waals surface area contributed by atoms with Gasteiger partial charge < -0.3 is 37.9 Å². The fourth-order valence-corrected chi connectivity index (χ4v) is 10.6. The molecule has 11 nitrogen and oxygen atoms in total. The molecule has 0 N–H and O–H groups in total. The normalized spacial score (nSPS) is 13.6. The second-order valence-electron chi connectivity index (χ2n) is 25.3. The summed E-state index contributed by atoms with van der Waals surface area (Å²) in [4.78, 5) is 34.5. The lowest BCUT2D eigenvalue weighted by Gasteiger charge is -2.38. The van der Waals surface area contributed by atoms with Crippen LogP contribution < -0.4 is 28.4 Å². The highest BCUT2D eigenvalue weighted by molar-refractivity contribution is 5.89. The van der Waals surface area contributed by atoms with Gasteiger partial charge in [0.1, 0.15) is 40.6 Å². The van der Waals surface area contributed by atoms with Crippen LogP contribution in [0.4, 0.5) is 79.0 Å². The summed E-state index contributed by atoms with van der Waals surface area (Å²) in [7, 11) is 0. The van der Waals surface area contributed by atoms with Gasteiger partial charge in [-0.15, -0.1) is 0 Å². The molecule has 0 fully saturated rings. The van der Waals surface area contributed by atoms with Crippen LogP contribution in [-0.2, 0) is 40.1 Å². The fraction of sp³-hybridized carbons (Fsp3) is 0.329. The minimum atomic E-state index is -5.76. The predicted octanol–water partition coefficient (Wildman–Crippen LogP) is 21.6. The van der Waals surface area contributed by atoms with Gasteiger partial charge in [-0.05, 0) is 188 Å². The summed E-state index contributed by atoms with van der Waals surface area (Å²) in [6.45, 7) is 28.0. The van der Waals surface area contributed by atoms with Gasteiger partial charge in [0.15, 0.2) is 12.6 Å². The van der Waals surface area contributed by atoms with Crippen LogP contribution >= 0.6 is 0 Å². The highest BCUT2D eigenvalue weighted by Crippen LogP contribution is 2.60. The van der Waals surface area contributed by atoms with Crippen molar-refractivity contribution in [3.63, 3.8) is 0 Å². The third-order valence-electron chi connectivity index (χ3n) is 15.0. The number of hydrogen-bond donors (Lipinski definition) is 0. The van der Waals surface area contributed by atoms with Crippen molar-refractivity contribution in [2.24, 2.45) is 0 Å². The lowest BCUT2D eigenvalue weighted by atomic mass is 9.73. The molecule has 0 aliphatic heterocycles. The first-order valence-electron chi connectivity index (χ1n) is 31.2. The molecule has 0 saturated heterocycles. The second kappa shape index (κ2) is 33.1. The first-order valence-corrected chi connectivity index (χ1v) is 31.2. The molecule has 7 aromatic carbocycles. The van der Waals surface area contributed by atoms with Crippen LogP contribution in [0.3, 0.4) is 0 Å². The Kier molecular flexibility index (Phi) is 27.1. The van der Waals surface area contributed by atoms with Crippen molar-refractivity contribution in [1.29, 1.82) is 0 Å². The molecule has 568 valence electrons. The summed E-state index contributed by atoms with van der Waals surface area (Å²) in [5.74, 6) is -3.14. The van der Waals surface area contributed by atoms with Gasteiger partial charge in [-0.3, -0.25) is 0 Å². The van der Waals surface area contributed by atoms with Crippen LogP contribution in [0.25, 0.3) is 0 Å². The Balaban J connectivity index is 0.000000283. The Labute approximate surface area is 592 Å². The molecule has 0 heterocycles. The van der Waals surface area contributed by atoms with E-state index >= 15 is 0 Å². The Morgan fingerprint density at radius 3 is 0.762 bits per heavy atom. The third-order valence-corrected chi connectivity index (χ3v) is 15.0. The van der Waals surface area contributed by atoms with E-state index in [1.165, 1.54) is 13.8 Å². The molecule has 0 aliphatic rings. The molecule has 0 radical (unpaired) electrons. The molecule has 0 spiro atoms. The van der Waals surface area contributed by atoms with E-state index in [9.17, 15) is 93.4 Å². The van der Waals surface area contributed by atoms with Gasteiger partial charge in [-0.25, -0.2) is 14.4 Å². The molecule has 3 unspecified atom stereocenters. The zero-order valence-electron chi connectivity index (χ0n) is 58.0. The largest absolute Gasteiger partial charge is 0.486 e. The Hall–Kier alpha value is -9.77.